The molecule has 0 unspecified atom stereocenters. The first-order valence-electron chi connectivity index (χ1n) is 6.77. The molecule has 1 aromatic heterocycles. The van der Waals surface area contributed by atoms with Crippen molar-refractivity contribution in [3.05, 3.63) is 35.7 Å². The molecule has 1 N–H and O–H groups in total. The van der Waals surface area contributed by atoms with Gasteiger partial charge in [-0.2, -0.15) is 4.98 Å². The Hall–Kier alpha value is -1.73. The highest BCUT2D eigenvalue weighted by atomic mass is 32.2. The highest BCUT2D eigenvalue weighted by Crippen LogP contribution is 2.17. The van der Waals surface area contributed by atoms with Gasteiger partial charge >= 0.3 is 0 Å². The summed E-state index contributed by atoms with van der Waals surface area (Å²) in [5.41, 5.74) is 1.99. The van der Waals surface area contributed by atoms with Crippen LogP contribution in [0, 0.1) is 0 Å². The standard InChI is InChI=1S/C14H18N2O4S/c1-2-11-4-6-12(7-5-11)14-15-13(20-16-14)10-21(18,19)9-3-8-17/h4-7,17H,2-3,8-10H2,1H3. The molecule has 0 atom stereocenters. The number of nitrogens with zero attached hydrogens (tertiary/aromatic N) is 2. The Morgan fingerprint density at radius 1 is 1.24 bits per heavy atom. The number of aliphatic hydroxyl groups is 1. The van der Waals surface area contributed by atoms with E-state index in [1.807, 2.05) is 24.3 Å². The van der Waals surface area contributed by atoms with Crippen LogP contribution in [0.15, 0.2) is 28.8 Å². The molecule has 1 aromatic carbocycles. The topological polar surface area (TPSA) is 93.3 Å². The Morgan fingerprint density at radius 3 is 2.57 bits per heavy atom. The molecule has 7 heteroatoms. The third-order valence-electron chi connectivity index (χ3n) is 3.05. The van der Waals surface area contributed by atoms with Crippen LogP contribution in [0.25, 0.3) is 11.4 Å². The average Bonchev–Trinajstić information content (AvgIpc) is 2.93. The number of hydrogen-bond acceptors (Lipinski definition) is 6. The fourth-order valence-corrected chi connectivity index (χ4v) is 3.07. The lowest BCUT2D eigenvalue weighted by molar-refractivity contribution is 0.295. The second-order valence-electron chi connectivity index (χ2n) is 4.73. The van der Waals surface area contributed by atoms with Crippen molar-refractivity contribution in [1.29, 1.82) is 0 Å². The number of hydrogen-bond donors (Lipinski definition) is 1. The van der Waals surface area contributed by atoms with E-state index in [0.29, 0.717) is 5.82 Å². The van der Waals surface area contributed by atoms with Gasteiger partial charge in [-0.1, -0.05) is 36.3 Å². The van der Waals surface area contributed by atoms with Crippen LogP contribution in [0.5, 0.6) is 0 Å². The Kier molecular flexibility index (Phi) is 5.08. The summed E-state index contributed by atoms with van der Waals surface area (Å²) in [5.74, 6) is 0.0620. The SMILES string of the molecule is CCc1ccc(-c2noc(CS(=O)(=O)CCCO)n2)cc1. The van der Waals surface area contributed by atoms with E-state index in [9.17, 15) is 8.42 Å². The van der Waals surface area contributed by atoms with Crippen molar-refractivity contribution in [2.75, 3.05) is 12.4 Å². The summed E-state index contributed by atoms with van der Waals surface area (Å²) in [4.78, 5) is 4.11. The van der Waals surface area contributed by atoms with Gasteiger partial charge in [0.15, 0.2) is 9.84 Å². The van der Waals surface area contributed by atoms with Gasteiger partial charge in [-0.05, 0) is 18.4 Å². The maximum Gasteiger partial charge on any atom is 0.242 e. The second kappa shape index (κ2) is 6.82. The van der Waals surface area contributed by atoms with Crippen LogP contribution in [0.4, 0.5) is 0 Å². The Labute approximate surface area is 123 Å². The Balaban J connectivity index is 2.10. The quantitative estimate of drug-likeness (QED) is 0.835. The zero-order chi connectivity index (χ0) is 15.3. The van der Waals surface area contributed by atoms with Crippen molar-refractivity contribution < 1.29 is 18.0 Å². The largest absolute Gasteiger partial charge is 0.396 e. The van der Waals surface area contributed by atoms with Crippen LogP contribution in [-0.2, 0) is 22.0 Å². The highest BCUT2D eigenvalue weighted by molar-refractivity contribution is 7.90. The first kappa shape index (κ1) is 15.7. The molecule has 0 aliphatic heterocycles. The monoisotopic (exact) mass is 310 g/mol. The summed E-state index contributed by atoms with van der Waals surface area (Å²) in [6.45, 7) is 1.91. The molecule has 2 aromatic rings. The van der Waals surface area contributed by atoms with Gasteiger partial charge in [-0.3, -0.25) is 0 Å². The summed E-state index contributed by atoms with van der Waals surface area (Å²) in [6.07, 6.45) is 1.16. The third-order valence-corrected chi connectivity index (χ3v) is 4.64. The molecular weight excluding hydrogens is 292 g/mol. The normalized spacial score (nSPS) is 11.7. The Morgan fingerprint density at radius 2 is 1.95 bits per heavy atom. The molecule has 0 fully saturated rings. The molecule has 0 radical (unpaired) electrons. The second-order valence-corrected chi connectivity index (χ2v) is 6.92. The molecule has 2 rings (SSSR count). The average molecular weight is 310 g/mol. The maximum absolute atomic E-state index is 11.7. The summed E-state index contributed by atoms with van der Waals surface area (Å²) < 4.78 is 28.5. The fourth-order valence-electron chi connectivity index (χ4n) is 1.87. The smallest absolute Gasteiger partial charge is 0.242 e. The lowest BCUT2D eigenvalue weighted by Gasteiger charge is -1.98. The number of sulfone groups is 1. The van der Waals surface area contributed by atoms with Gasteiger partial charge in [0, 0.05) is 12.2 Å². The lowest BCUT2D eigenvalue weighted by atomic mass is 10.1. The van der Waals surface area contributed by atoms with Crippen LogP contribution in [0.3, 0.4) is 0 Å². The van der Waals surface area contributed by atoms with Gasteiger partial charge in [-0.15, -0.1) is 0 Å². The lowest BCUT2D eigenvalue weighted by Crippen LogP contribution is -2.10. The first-order chi connectivity index (χ1) is 10.0. The van der Waals surface area contributed by atoms with E-state index in [1.54, 1.807) is 0 Å². The summed E-state index contributed by atoms with van der Waals surface area (Å²) >= 11 is 0. The van der Waals surface area contributed by atoms with Crippen molar-refractivity contribution in [1.82, 2.24) is 10.1 Å². The zero-order valence-electron chi connectivity index (χ0n) is 11.8. The molecular formula is C14H18N2O4S. The van der Waals surface area contributed by atoms with Crippen molar-refractivity contribution in [3.63, 3.8) is 0 Å². The number of aromatic nitrogens is 2. The minimum absolute atomic E-state index is 0.0718. The minimum Gasteiger partial charge on any atom is -0.396 e. The van der Waals surface area contributed by atoms with Gasteiger partial charge in [0.25, 0.3) is 0 Å². The molecule has 0 bridgehead atoms. The van der Waals surface area contributed by atoms with E-state index < -0.39 is 9.84 Å². The van der Waals surface area contributed by atoms with Gasteiger partial charge in [-0.25, -0.2) is 8.42 Å². The molecule has 0 spiro atoms. The zero-order valence-corrected chi connectivity index (χ0v) is 12.6. The van der Waals surface area contributed by atoms with Gasteiger partial charge in [0.05, 0.1) is 5.75 Å². The van der Waals surface area contributed by atoms with Crippen molar-refractivity contribution in [2.24, 2.45) is 0 Å². The molecule has 1 heterocycles. The van der Waals surface area contributed by atoms with Crippen molar-refractivity contribution in [2.45, 2.75) is 25.5 Å². The summed E-state index contributed by atoms with van der Waals surface area (Å²) in [5, 5.41) is 12.5. The van der Waals surface area contributed by atoms with E-state index in [0.717, 1.165) is 12.0 Å². The molecule has 114 valence electrons. The number of aryl methyl sites for hydroxylation is 1. The Bertz CT molecular complexity index is 677. The van der Waals surface area contributed by atoms with E-state index >= 15 is 0 Å². The molecule has 0 saturated carbocycles. The predicted molar refractivity (Wildman–Crippen MR) is 78.3 cm³/mol. The molecule has 6 nitrogen and oxygen atoms in total. The van der Waals surface area contributed by atoms with Crippen molar-refractivity contribution in [3.8, 4) is 11.4 Å². The first-order valence-corrected chi connectivity index (χ1v) is 8.59. The van der Waals surface area contributed by atoms with Gasteiger partial charge in [0.2, 0.25) is 11.7 Å². The molecule has 0 saturated heterocycles. The number of aliphatic hydroxyl groups excluding tert-OH is 1. The molecule has 0 aliphatic rings. The van der Waals surface area contributed by atoms with Crippen LogP contribution < -0.4 is 0 Å². The van der Waals surface area contributed by atoms with Crippen LogP contribution in [0.2, 0.25) is 0 Å². The van der Waals surface area contributed by atoms with E-state index in [2.05, 4.69) is 17.1 Å². The van der Waals surface area contributed by atoms with E-state index in [4.69, 9.17) is 9.63 Å². The van der Waals surface area contributed by atoms with Crippen molar-refractivity contribution >= 4 is 9.84 Å². The maximum atomic E-state index is 11.7. The van der Waals surface area contributed by atoms with E-state index in [-0.39, 0.29) is 30.4 Å². The van der Waals surface area contributed by atoms with Gasteiger partial charge in [0.1, 0.15) is 5.75 Å². The van der Waals surface area contributed by atoms with E-state index in [1.165, 1.54) is 5.56 Å². The number of rotatable bonds is 7. The summed E-state index contributed by atoms with van der Waals surface area (Å²) in [7, 11) is -3.33. The van der Waals surface area contributed by atoms with Gasteiger partial charge < -0.3 is 9.63 Å². The third kappa shape index (κ3) is 4.37. The summed E-state index contributed by atoms with van der Waals surface area (Å²) in [6, 6.07) is 7.72. The van der Waals surface area contributed by atoms with Crippen LogP contribution in [-0.4, -0.2) is 36.0 Å². The number of benzene rings is 1. The molecule has 21 heavy (non-hydrogen) atoms. The minimum atomic E-state index is -3.33. The highest BCUT2D eigenvalue weighted by Gasteiger charge is 2.17. The predicted octanol–water partition coefficient (Wildman–Crippen LogP) is 1.60. The fraction of sp³-hybridized carbons (Fsp3) is 0.429. The molecule has 0 amide bonds. The molecule has 0 aliphatic carbocycles. The van der Waals surface area contributed by atoms with Crippen LogP contribution in [0.1, 0.15) is 24.8 Å². The van der Waals surface area contributed by atoms with Crippen LogP contribution >= 0.6 is 0 Å².